The highest BCUT2D eigenvalue weighted by atomic mass is 16.5. The van der Waals surface area contributed by atoms with Crippen LogP contribution in [0, 0.1) is 11.8 Å². The monoisotopic (exact) mass is 268 g/mol. The van der Waals surface area contributed by atoms with Gasteiger partial charge in [-0.25, -0.2) is 0 Å². The van der Waals surface area contributed by atoms with E-state index < -0.39 is 0 Å². The van der Waals surface area contributed by atoms with Crippen LogP contribution in [0.5, 0.6) is 0 Å². The molecule has 2 amide bonds. The second-order valence-electron chi connectivity index (χ2n) is 5.77. The van der Waals surface area contributed by atoms with Gasteiger partial charge in [-0.2, -0.15) is 0 Å². The maximum Gasteiger partial charge on any atom is 0.228 e. The Morgan fingerprint density at radius 3 is 2.89 bits per heavy atom. The van der Waals surface area contributed by atoms with Gasteiger partial charge in [-0.3, -0.25) is 9.59 Å². The van der Waals surface area contributed by atoms with E-state index in [0.29, 0.717) is 32.0 Å². The number of rotatable bonds is 4. The zero-order chi connectivity index (χ0) is 13.8. The number of carbonyl (C=O) groups is 2. The maximum absolute atomic E-state index is 12.4. The molecule has 108 valence electrons. The van der Waals surface area contributed by atoms with Crippen molar-refractivity contribution in [3.8, 4) is 0 Å². The lowest BCUT2D eigenvalue weighted by Gasteiger charge is -2.32. The van der Waals surface area contributed by atoms with Crippen molar-refractivity contribution in [3.05, 3.63) is 0 Å². The minimum atomic E-state index is -0.144. The molecule has 2 fully saturated rings. The number of hydrogen-bond donors (Lipinski definition) is 0. The van der Waals surface area contributed by atoms with Gasteiger partial charge in [0.05, 0.1) is 12.5 Å². The van der Waals surface area contributed by atoms with Crippen molar-refractivity contribution in [3.63, 3.8) is 0 Å². The Kier molecular flexibility index (Phi) is 4.80. The Labute approximate surface area is 114 Å². The van der Waals surface area contributed by atoms with Gasteiger partial charge in [-0.15, -0.1) is 0 Å². The Hall–Kier alpha value is -1.10. The summed E-state index contributed by atoms with van der Waals surface area (Å²) in [6.07, 6.45) is 2.65. The lowest BCUT2D eigenvalue weighted by atomic mass is 9.98. The molecular weight excluding hydrogens is 244 g/mol. The van der Waals surface area contributed by atoms with E-state index in [1.165, 1.54) is 6.42 Å². The lowest BCUT2D eigenvalue weighted by Crippen LogP contribution is -2.43. The van der Waals surface area contributed by atoms with Crippen LogP contribution in [0.2, 0.25) is 0 Å². The summed E-state index contributed by atoms with van der Waals surface area (Å²) in [5.41, 5.74) is 0. The third kappa shape index (κ3) is 3.47. The van der Waals surface area contributed by atoms with Crippen molar-refractivity contribution in [2.24, 2.45) is 11.8 Å². The number of ether oxygens (including phenoxy) is 1. The van der Waals surface area contributed by atoms with Crippen LogP contribution in [0.15, 0.2) is 0 Å². The minimum absolute atomic E-state index is 0.0838. The topological polar surface area (TPSA) is 49.9 Å². The van der Waals surface area contributed by atoms with E-state index in [9.17, 15) is 9.59 Å². The molecule has 19 heavy (non-hydrogen) atoms. The smallest absolute Gasteiger partial charge is 0.228 e. The van der Waals surface area contributed by atoms with Gasteiger partial charge in [0.2, 0.25) is 11.8 Å². The number of amides is 2. The first kappa shape index (κ1) is 14.3. The summed E-state index contributed by atoms with van der Waals surface area (Å²) >= 11 is 0. The third-order valence-electron chi connectivity index (χ3n) is 4.10. The van der Waals surface area contributed by atoms with Crippen molar-refractivity contribution in [2.45, 2.75) is 26.2 Å². The summed E-state index contributed by atoms with van der Waals surface area (Å²) in [7, 11) is 1.62. The zero-order valence-electron chi connectivity index (χ0n) is 11.9. The van der Waals surface area contributed by atoms with Gasteiger partial charge < -0.3 is 14.5 Å². The predicted molar refractivity (Wildman–Crippen MR) is 71.5 cm³/mol. The quantitative estimate of drug-likeness (QED) is 0.755. The molecule has 2 aliphatic rings. The van der Waals surface area contributed by atoms with Crippen molar-refractivity contribution in [1.82, 2.24) is 9.80 Å². The van der Waals surface area contributed by atoms with Gasteiger partial charge in [-0.1, -0.05) is 6.92 Å². The highest BCUT2D eigenvalue weighted by Crippen LogP contribution is 2.23. The van der Waals surface area contributed by atoms with Crippen molar-refractivity contribution < 1.29 is 14.3 Å². The van der Waals surface area contributed by atoms with E-state index in [0.717, 1.165) is 19.5 Å². The highest BCUT2D eigenvalue weighted by Gasteiger charge is 2.36. The van der Waals surface area contributed by atoms with E-state index in [4.69, 9.17) is 4.74 Å². The molecule has 2 aliphatic heterocycles. The van der Waals surface area contributed by atoms with Gasteiger partial charge in [0, 0.05) is 39.7 Å². The molecular formula is C14H24N2O3. The third-order valence-corrected chi connectivity index (χ3v) is 4.10. The first-order valence-corrected chi connectivity index (χ1v) is 7.17. The standard InChI is InChI=1S/C14H24N2O3/c1-11-4-3-5-16(9-11)14(18)12-8-13(17)15(10-12)6-7-19-2/h11-12H,3-10H2,1-2H3/t11-,12+/m1/s1. The Balaban J connectivity index is 1.88. The van der Waals surface area contributed by atoms with Crippen LogP contribution in [0.1, 0.15) is 26.2 Å². The average Bonchev–Trinajstić information content (AvgIpc) is 2.77. The molecule has 2 saturated heterocycles. The van der Waals surface area contributed by atoms with Crippen molar-refractivity contribution >= 4 is 11.8 Å². The summed E-state index contributed by atoms with van der Waals surface area (Å²) in [5, 5.41) is 0. The summed E-state index contributed by atoms with van der Waals surface area (Å²) in [5.74, 6) is 0.689. The van der Waals surface area contributed by atoms with Crippen LogP contribution in [0.3, 0.4) is 0 Å². The first-order chi connectivity index (χ1) is 9.11. The van der Waals surface area contributed by atoms with Gasteiger partial charge in [0.25, 0.3) is 0 Å². The van der Waals surface area contributed by atoms with Crippen LogP contribution in [0.4, 0.5) is 0 Å². The fourth-order valence-corrected chi connectivity index (χ4v) is 3.00. The maximum atomic E-state index is 12.4. The van der Waals surface area contributed by atoms with Crippen LogP contribution < -0.4 is 0 Å². The Morgan fingerprint density at radius 1 is 1.42 bits per heavy atom. The predicted octanol–water partition coefficient (Wildman–Crippen LogP) is 0.740. The molecule has 5 nitrogen and oxygen atoms in total. The minimum Gasteiger partial charge on any atom is -0.383 e. The molecule has 0 aromatic heterocycles. The summed E-state index contributed by atoms with van der Waals surface area (Å²) in [6.45, 7) is 5.58. The fourth-order valence-electron chi connectivity index (χ4n) is 3.00. The van der Waals surface area contributed by atoms with Crippen LogP contribution in [0.25, 0.3) is 0 Å². The fraction of sp³-hybridized carbons (Fsp3) is 0.857. The molecule has 2 atom stereocenters. The molecule has 0 bridgehead atoms. The average molecular weight is 268 g/mol. The molecule has 0 spiro atoms. The summed E-state index contributed by atoms with van der Waals surface area (Å²) in [6, 6.07) is 0. The second kappa shape index (κ2) is 6.37. The number of methoxy groups -OCH3 is 1. The van der Waals surface area contributed by atoms with Crippen LogP contribution >= 0.6 is 0 Å². The van der Waals surface area contributed by atoms with E-state index in [2.05, 4.69) is 6.92 Å². The van der Waals surface area contributed by atoms with Gasteiger partial charge in [-0.05, 0) is 18.8 Å². The molecule has 0 aromatic carbocycles. The molecule has 2 rings (SSSR count). The largest absolute Gasteiger partial charge is 0.383 e. The normalized spacial score (nSPS) is 28.0. The van der Waals surface area contributed by atoms with Crippen LogP contribution in [-0.4, -0.2) is 61.5 Å². The van der Waals surface area contributed by atoms with Gasteiger partial charge in [0.1, 0.15) is 0 Å². The van der Waals surface area contributed by atoms with Crippen LogP contribution in [-0.2, 0) is 14.3 Å². The molecule has 0 N–H and O–H groups in total. The number of carbonyl (C=O) groups excluding carboxylic acids is 2. The van der Waals surface area contributed by atoms with E-state index in [1.807, 2.05) is 4.90 Å². The molecule has 0 unspecified atom stereocenters. The number of nitrogens with zero attached hydrogens (tertiary/aromatic N) is 2. The molecule has 5 heteroatoms. The molecule has 0 saturated carbocycles. The number of piperidine rings is 1. The number of likely N-dealkylation sites (tertiary alicyclic amines) is 2. The van der Waals surface area contributed by atoms with E-state index in [1.54, 1.807) is 12.0 Å². The summed E-state index contributed by atoms with van der Waals surface area (Å²) in [4.78, 5) is 28.0. The Morgan fingerprint density at radius 2 is 2.21 bits per heavy atom. The SMILES string of the molecule is COCCN1C[C@@H](C(=O)N2CCC[C@@H](C)C2)CC1=O. The first-order valence-electron chi connectivity index (χ1n) is 7.17. The molecule has 0 aromatic rings. The molecule has 0 radical (unpaired) electrons. The van der Waals surface area contributed by atoms with E-state index >= 15 is 0 Å². The molecule has 2 heterocycles. The summed E-state index contributed by atoms with van der Waals surface area (Å²) < 4.78 is 4.99. The van der Waals surface area contributed by atoms with Crippen molar-refractivity contribution in [2.75, 3.05) is 39.9 Å². The van der Waals surface area contributed by atoms with Crippen molar-refractivity contribution in [1.29, 1.82) is 0 Å². The van der Waals surface area contributed by atoms with E-state index in [-0.39, 0.29) is 17.7 Å². The van der Waals surface area contributed by atoms with Gasteiger partial charge in [0.15, 0.2) is 0 Å². The van der Waals surface area contributed by atoms with Gasteiger partial charge >= 0.3 is 0 Å². The highest BCUT2D eigenvalue weighted by molar-refractivity contribution is 5.89. The molecule has 0 aliphatic carbocycles. The second-order valence-corrected chi connectivity index (χ2v) is 5.77. The zero-order valence-corrected chi connectivity index (χ0v) is 11.9. The Bertz CT molecular complexity index is 346. The lowest BCUT2D eigenvalue weighted by molar-refractivity contribution is -0.137. The number of hydrogen-bond acceptors (Lipinski definition) is 3.